The minimum Gasteiger partial charge on any atom is -0.309 e. The monoisotopic (exact) mass is 318 g/mol. The summed E-state index contributed by atoms with van der Waals surface area (Å²) >= 11 is 0. The number of rotatable bonds is 5. The maximum Gasteiger partial charge on any atom is 0.258 e. The van der Waals surface area contributed by atoms with Crippen molar-refractivity contribution in [1.82, 2.24) is 20.2 Å². The molecule has 0 saturated carbocycles. The van der Waals surface area contributed by atoms with Gasteiger partial charge in [0.15, 0.2) is 0 Å². The Bertz CT molecular complexity index is 717. The molecule has 5 nitrogen and oxygen atoms in total. The average Bonchev–Trinajstić information content (AvgIpc) is 2.59. The molecular formula is C17H23FN4O. The first-order valence-corrected chi connectivity index (χ1v) is 8.25. The van der Waals surface area contributed by atoms with Crippen molar-refractivity contribution in [3.05, 3.63) is 40.4 Å². The molecule has 1 saturated heterocycles. The Morgan fingerprint density at radius 2 is 2.26 bits per heavy atom. The van der Waals surface area contributed by atoms with Crippen LogP contribution in [0.15, 0.2) is 29.1 Å². The highest BCUT2D eigenvalue weighted by atomic mass is 19.1. The van der Waals surface area contributed by atoms with Gasteiger partial charge in [-0.1, -0.05) is 25.5 Å². The molecule has 1 aliphatic rings. The van der Waals surface area contributed by atoms with Gasteiger partial charge in [-0.3, -0.25) is 9.69 Å². The number of fused-ring (bicyclic) bond motifs is 1. The van der Waals surface area contributed by atoms with Gasteiger partial charge in [-0.05, 0) is 18.6 Å². The van der Waals surface area contributed by atoms with Gasteiger partial charge < -0.3 is 10.3 Å². The number of alkyl halides is 1. The van der Waals surface area contributed by atoms with Gasteiger partial charge in [-0.2, -0.15) is 0 Å². The quantitative estimate of drug-likeness (QED) is 0.885. The molecule has 23 heavy (non-hydrogen) atoms. The number of hydrogen-bond donors (Lipinski definition) is 2. The largest absolute Gasteiger partial charge is 0.309 e. The molecule has 0 unspecified atom stereocenters. The van der Waals surface area contributed by atoms with Crippen molar-refractivity contribution in [1.29, 1.82) is 0 Å². The number of H-pyrrole nitrogens is 1. The van der Waals surface area contributed by atoms with E-state index in [-0.39, 0.29) is 24.3 Å². The first-order valence-electron chi connectivity index (χ1n) is 8.25. The van der Waals surface area contributed by atoms with Crippen molar-refractivity contribution >= 4 is 10.9 Å². The summed E-state index contributed by atoms with van der Waals surface area (Å²) in [6.07, 6.45) is 1.87. The highest BCUT2D eigenvalue weighted by Gasteiger charge is 2.27. The lowest BCUT2D eigenvalue weighted by Crippen LogP contribution is -2.52. The number of nitrogens with zero attached hydrogens (tertiary/aromatic N) is 2. The van der Waals surface area contributed by atoms with Crippen LogP contribution in [0.5, 0.6) is 0 Å². The fourth-order valence-electron chi connectivity index (χ4n) is 3.27. The number of hydrogen-bond acceptors (Lipinski definition) is 4. The van der Waals surface area contributed by atoms with Crippen molar-refractivity contribution in [3.63, 3.8) is 0 Å². The van der Waals surface area contributed by atoms with E-state index in [1.807, 2.05) is 18.2 Å². The highest BCUT2D eigenvalue weighted by Crippen LogP contribution is 2.24. The lowest BCUT2D eigenvalue weighted by molar-refractivity contribution is 0.120. The number of benzene rings is 1. The normalized spacial score (nSPS) is 20.7. The predicted octanol–water partition coefficient (Wildman–Crippen LogP) is 2.01. The maximum atomic E-state index is 13.0. The van der Waals surface area contributed by atoms with E-state index < -0.39 is 0 Å². The van der Waals surface area contributed by atoms with Gasteiger partial charge in [0, 0.05) is 25.7 Å². The molecule has 0 bridgehead atoms. The summed E-state index contributed by atoms with van der Waals surface area (Å²) in [4.78, 5) is 22.2. The molecule has 2 N–H and O–H groups in total. The van der Waals surface area contributed by atoms with Crippen LogP contribution in [-0.2, 0) is 0 Å². The second-order valence-electron chi connectivity index (χ2n) is 6.07. The van der Waals surface area contributed by atoms with E-state index in [0.717, 1.165) is 25.9 Å². The summed E-state index contributed by atoms with van der Waals surface area (Å²) in [6.45, 7) is 3.96. The molecule has 0 spiro atoms. The summed E-state index contributed by atoms with van der Waals surface area (Å²) in [5.74, 6) is 0.690. The van der Waals surface area contributed by atoms with Gasteiger partial charge in [0.2, 0.25) is 0 Å². The van der Waals surface area contributed by atoms with Crippen molar-refractivity contribution in [2.75, 3.05) is 26.3 Å². The van der Waals surface area contributed by atoms with Crippen molar-refractivity contribution in [2.45, 2.75) is 31.8 Å². The smallest absolute Gasteiger partial charge is 0.258 e. The Balaban J connectivity index is 1.96. The van der Waals surface area contributed by atoms with Crippen molar-refractivity contribution in [2.24, 2.45) is 0 Å². The topological polar surface area (TPSA) is 61.0 Å². The number of para-hydroxylation sites is 1. The standard InChI is InChI=1S/C17H23FN4O/c1-2-5-15(22-9-8-19-12(10-18)11-22)16-20-14-7-4-3-6-13(14)17(23)21-16/h3-4,6-7,12,15,19H,2,5,8-11H2,1H3,(H,20,21,23)/t12-,15+/m1/s1. The van der Waals surface area contributed by atoms with Gasteiger partial charge in [-0.25, -0.2) is 9.37 Å². The molecule has 2 aromatic rings. The number of aromatic nitrogens is 2. The molecule has 124 valence electrons. The van der Waals surface area contributed by atoms with Crippen LogP contribution in [0, 0.1) is 0 Å². The minimum absolute atomic E-state index is 0.0217. The van der Waals surface area contributed by atoms with E-state index in [1.165, 1.54) is 0 Å². The summed E-state index contributed by atoms with van der Waals surface area (Å²) in [5.41, 5.74) is 0.605. The van der Waals surface area contributed by atoms with Gasteiger partial charge in [0.05, 0.1) is 16.9 Å². The Morgan fingerprint density at radius 1 is 1.43 bits per heavy atom. The third-order valence-corrected chi connectivity index (χ3v) is 4.42. The fraction of sp³-hybridized carbons (Fsp3) is 0.529. The van der Waals surface area contributed by atoms with Crippen LogP contribution in [0.2, 0.25) is 0 Å². The zero-order valence-corrected chi connectivity index (χ0v) is 13.4. The molecule has 1 aromatic heterocycles. The van der Waals surface area contributed by atoms with Gasteiger partial charge in [-0.15, -0.1) is 0 Å². The number of nitrogens with one attached hydrogen (secondary N) is 2. The number of aromatic amines is 1. The van der Waals surface area contributed by atoms with E-state index in [2.05, 4.69) is 27.1 Å². The highest BCUT2D eigenvalue weighted by molar-refractivity contribution is 5.77. The first kappa shape index (κ1) is 16.1. The van der Waals surface area contributed by atoms with Crippen LogP contribution in [0.1, 0.15) is 31.6 Å². The molecule has 0 amide bonds. The average molecular weight is 318 g/mol. The van der Waals surface area contributed by atoms with Gasteiger partial charge in [0.1, 0.15) is 12.5 Å². The molecule has 1 aliphatic heterocycles. The molecule has 2 atom stereocenters. The molecule has 1 aromatic carbocycles. The molecule has 1 fully saturated rings. The fourth-order valence-corrected chi connectivity index (χ4v) is 3.27. The van der Waals surface area contributed by atoms with Crippen LogP contribution in [-0.4, -0.2) is 47.2 Å². The van der Waals surface area contributed by atoms with Crippen LogP contribution in [0.25, 0.3) is 10.9 Å². The Kier molecular flexibility index (Phi) is 5.03. The summed E-state index contributed by atoms with van der Waals surface area (Å²) in [6, 6.07) is 7.24. The van der Waals surface area contributed by atoms with E-state index in [0.29, 0.717) is 23.3 Å². The molecule has 3 rings (SSSR count). The van der Waals surface area contributed by atoms with Gasteiger partial charge in [0.25, 0.3) is 5.56 Å². The second kappa shape index (κ2) is 7.19. The zero-order chi connectivity index (χ0) is 16.2. The van der Waals surface area contributed by atoms with E-state index in [4.69, 9.17) is 0 Å². The molecule has 6 heteroatoms. The van der Waals surface area contributed by atoms with Crippen molar-refractivity contribution in [3.8, 4) is 0 Å². The Morgan fingerprint density at radius 3 is 3.04 bits per heavy atom. The van der Waals surface area contributed by atoms with Crippen LogP contribution >= 0.6 is 0 Å². The zero-order valence-electron chi connectivity index (χ0n) is 13.4. The maximum absolute atomic E-state index is 13.0. The summed E-state index contributed by atoms with van der Waals surface area (Å²) in [5, 5.41) is 3.78. The molecule has 0 radical (unpaired) electrons. The number of halogens is 1. The first-order chi connectivity index (χ1) is 11.2. The Labute approximate surface area is 134 Å². The van der Waals surface area contributed by atoms with E-state index in [1.54, 1.807) is 6.07 Å². The predicted molar refractivity (Wildman–Crippen MR) is 89.4 cm³/mol. The van der Waals surface area contributed by atoms with Crippen LogP contribution in [0.3, 0.4) is 0 Å². The number of piperazine rings is 1. The lowest BCUT2D eigenvalue weighted by atomic mass is 10.1. The third-order valence-electron chi connectivity index (χ3n) is 4.42. The second-order valence-corrected chi connectivity index (χ2v) is 6.07. The molecule has 0 aliphatic carbocycles. The van der Waals surface area contributed by atoms with E-state index in [9.17, 15) is 9.18 Å². The lowest BCUT2D eigenvalue weighted by Gasteiger charge is -2.37. The van der Waals surface area contributed by atoms with Crippen LogP contribution < -0.4 is 10.9 Å². The van der Waals surface area contributed by atoms with E-state index >= 15 is 0 Å². The minimum atomic E-state index is -0.378. The molecule has 2 heterocycles. The van der Waals surface area contributed by atoms with Crippen molar-refractivity contribution < 1.29 is 4.39 Å². The summed E-state index contributed by atoms with van der Waals surface area (Å²) in [7, 11) is 0. The SMILES string of the molecule is CCC[C@@H](c1nc2ccccc2c(=O)[nH]1)N1CCN[C@H](CF)C1. The van der Waals surface area contributed by atoms with Gasteiger partial charge >= 0.3 is 0 Å². The third kappa shape index (κ3) is 3.43. The Hall–Kier alpha value is -1.79. The molecular weight excluding hydrogens is 295 g/mol. The summed E-state index contributed by atoms with van der Waals surface area (Å²) < 4.78 is 13.0. The van der Waals surface area contributed by atoms with Crippen LogP contribution in [0.4, 0.5) is 4.39 Å².